The topological polar surface area (TPSA) is 70.5 Å². The lowest BCUT2D eigenvalue weighted by Crippen LogP contribution is -1.94. The van der Waals surface area contributed by atoms with Crippen molar-refractivity contribution in [1.29, 1.82) is 0 Å². The fourth-order valence-electron chi connectivity index (χ4n) is 2.16. The molecule has 0 aliphatic rings. The molecule has 0 atom stereocenters. The average molecular weight is 430 g/mol. The Balaban J connectivity index is 2.06. The molecule has 0 bridgehead atoms. The Morgan fingerprint density at radius 3 is 1.38 bits per heavy atom. The molecule has 3 rings (SSSR count). The Hall–Kier alpha value is -1.98. The fraction of sp³-hybridized carbons (Fsp3) is 0. The molecular formula is C18H12Cl4N2O2. The van der Waals surface area contributed by atoms with Crippen LogP contribution in [0.2, 0.25) is 20.1 Å². The first kappa shape index (κ1) is 18.8. The van der Waals surface area contributed by atoms with Crippen LogP contribution in [0.4, 0.5) is 11.4 Å². The van der Waals surface area contributed by atoms with Crippen LogP contribution in [0.5, 0.6) is 23.0 Å². The summed E-state index contributed by atoms with van der Waals surface area (Å²) >= 11 is 25.2. The zero-order valence-electron chi connectivity index (χ0n) is 13.1. The minimum Gasteiger partial charge on any atom is -0.454 e. The Kier molecular flexibility index (Phi) is 5.58. The van der Waals surface area contributed by atoms with E-state index in [1.807, 2.05) is 0 Å². The standard InChI is InChI=1S/C18H12Cl4N2O2/c19-13-14(20)17(25-11-5-1-3-9(23)7-11)16(22)18(15(13)21)26-12-6-2-4-10(24)8-12/h1-8H,23-24H2. The summed E-state index contributed by atoms with van der Waals surface area (Å²) in [5.41, 5.74) is 12.6. The molecule has 26 heavy (non-hydrogen) atoms. The minimum absolute atomic E-state index is 0.0514. The summed E-state index contributed by atoms with van der Waals surface area (Å²) in [6.07, 6.45) is 0. The third-order valence-electron chi connectivity index (χ3n) is 3.34. The molecule has 0 heterocycles. The lowest BCUT2D eigenvalue weighted by atomic mass is 10.2. The van der Waals surface area contributed by atoms with Gasteiger partial charge in [0, 0.05) is 23.5 Å². The molecule has 0 spiro atoms. The van der Waals surface area contributed by atoms with Gasteiger partial charge in [0.15, 0.2) is 11.5 Å². The van der Waals surface area contributed by atoms with E-state index in [0.29, 0.717) is 22.9 Å². The maximum absolute atomic E-state index is 6.43. The normalized spacial score (nSPS) is 10.6. The van der Waals surface area contributed by atoms with Crippen molar-refractivity contribution < 1.29 is 9.47 Å². The number of rotatable bonds is 4. The van der Waals surface area contributed by atoms with Gasteiger partial charge in [0.2, 0.25) is 0 Å². The highest BCUT2D eigenvalue weighted by Gasteiger charge is 2.24. The third kappa shape index (κ3) is 3.89. The van der Waals surface area contributed by atoms with E-state index in [9.17, 15) is 0 Å². The molecule has 0 saturated heterocycles. The highest BCUT2D eigenvalue weighted by Crippen LogP contribution is 2.52. The van der Waals surface area contributed by atoms with E-state index in [1.165, 1.54) is 0 Å². The van der Waals surface area contributed by atoms with Gasteiger partial charge in [-0.3, -0.25) is 0 Å². The summed E-state index contributed by atoms with van der Waals surface area (Å²) in [4.78, 5) is 0. The second-order valence-electron chi connectivity index (χ2n) is 5.26. The van der Waals surface area contributed by atoms with Gasteiger partial charge in [-0.15, -0.1) is 0 Å². The van der Waals surface area contributed by atoms with Crippen molar-refractivity contribution in [2.75, 3.05) is 11.5 Å². The van der Waals surface area contributed by atoms with Crippen LogP contribution in [0.15, 0.2) is 48.5 Å². The summed E-state index contributed by atoms with van der Waals surface area (Å²) < 4.78 is 11.5. The van der Waals surface area contributed by atoms with Crippen LogP contribution in [-0.4, -0.2) is 0 Å². The summed E-state index contributed by atoms with van der Waals surface area (Å²) in [5, 5.41) is 0.234. The quantitative estimate of drug-likeness (QED) is 0.264. The highest BCUT2D eigenvalue weighted by atomic mass is 35.5. The van der Waals surface area contributed by atoms with Gasteiger partial charge in [-0.2, -0.15) is 0 Å². The average Bonchev–Trinajstić information content (AvgIpc) is 2.61. The Morgan fingerprint density at radius 2 is 1.00 bits per heavy atom. The van der Waals surface area contributed by atoms with E-state index in [-0.39, 0.29) is 31.6 Å². The number of hydrogen-bond acceptors (Lipinski definition) is 4. The fourth-order valence-corrected chi connectivity index (χ4v) is 3.20. The Bertz CT molecular complexity index is 905. The van der Waals surface area contributed by atoms with Crippen molar-refractivity contribution in [3.8, 4) is 23.0 Å². The molecule has 3 aromatic rings. The van der Waals surface area contributed by atoms with Crippen LogP contribution in [0.3, 0.4) is 0 Å². The molecule has 4 nitrogen and oxygen atoms in total. The van der Waals surface area contributed by atoms with E-state index >= 15 is 0 Å². The maximum atomic E-state index is 6.43. The number of hydrogen-bond donors (Lipinski definition) is 2. The van der Waals surface area contributed by atoms with E-state index in [1.54, 1.807) is 48.5 Å². The summed E-state index contributed by atoms with van der Waals surface area (Å²) in [6, 6.07) is 13.5. The maximum Gasteiger partial charge on any atom is 0.170 e. The smallest absolute Gasteiger partial charge is 0.170 e. The van der Waals surface area contributed by atoms with Crippen LogP contribution in [0.1, 0.15) is 0 Å². The first-order valence-corrected chi connectivity index (χ1v) is 8.80. The van der Waals surface area contributed by atoms with Gasteiger partial charge in [0.1, 0.15) is 26.6 Å². The first-order valence-electron chi connectivity index (χ1n) is 7.29. The van der Waals surface area contributed by atoms with Crippen molar-refractivity contribution in [3.63, 3.8) is 0 Å². The monoisotopic (exact) mass is 428 g/mol. The van der Waals surface area contributed by atoms with Crippen molar-refractivity contribution in [2.24, 2.45) is 0 Å². The number of benzene rings is 3. The molecule has 0 aromatic heterocycles. The molecule has 3 aromatic carbocycles. The minimum atomic E-state index is 0.0514. The SMILES string of the molecule is Nc1cccc(Oc2c(Cl)c(Cl)c(Cl)c(Oc3cccc(N)c3)c2Cl)c1. The lowest BCUT2D eigenvalue weighted by Gasteiger charge is -2.17. The van der Waals surface area contributed by atoms with Gasteiger partial charge in [0.05, 0.1) is 5.02 Å². The second kappa shape index (κ2) is 7.72. The molecule has 0 fully saturated rings. The van der Waals surface area contributed by atoms with E-state index < -0.39 is 0 Å². The van der Waals surface area contributed by atoms with Crippen molar-refractivity contribution >= 4 is 57.8 Å². The summed E-state index contributed by atoms with van der Waals surface area (Å²) in [7, 11) is 0. The van der Waals surface area contributed by atoms with Crippen LogP contribution in [0.25, 0.3) is 0 Å². The molecular weight excluding hydrogens is 418 g/mol. The van der Waals surface area contributed by atoms with E-state index in [2.05, 4.69) is 0 Å². The zero-order valence-corrected chi connectivity index (χ0v) is 16.1. The van der Waals surface area contributed by atoms with Gasteiger partial charge in [0.25, 0.3) is 0 Å². The van der Waals surface area contributed by atoms with Crippen LogP contribution in [-0.2, 0) is 0 Å². The predicted octanol–water partition coefficient (Wildman–Crippen LogP) is 7.05. The first-order chi connectivity index (χ1) is 12.4. The van der Waals surface area contributed by atoms with E-state index in [4.69, 9.17) is 67.3 Å². The number of ether oxygens (including phenoxy) is 2. The molecule has 0 radical (unpaired) electrons. The number of halogens is 4. The van der Waals surface area contributed by atoms with Gasteiger partial charge in [-0.25, -0.2) is 0 Å². The number of nitrogen functional groups attached to an aromatic ring is 2. The third-order valence-corrected chi connectivity index (χ3v) is 4.97. The summed E-state index contributed by atoms with van der Waals surface area (Å²) in [6.45, 7) is 0. The van der Waals surface area contributed by atoms with Crippen molar-refractivity contribution in [1.82, 2.24) is 0 Å². The molecule has 134 valence electrons. The van der Waals surface area contributed by atoms with Gasteiger partial charge in [-0.05, 0) is 24.3 Å². The Labute approximate surface area is 170 Å². The van der Waals surface area contributed by atoms with Gasteiger partial charge < -0.3 is 20.9 Å². The Morgan fingerprint density at radius 1 is 0.577 bits per heavy atom. The summed E-state index contributed by atoms with van der Waals surface area (Å²) in [5.74, 6) is 1.07. The van der Waals surface area contributed by atoms with E-state index in [0.717, 1.165) is 0 Å². The number of nitrogens with two attached hydrogens (primary N) is 2. The molecule has 8 heteroatoms. The highest BCUT2D eigenvalue weighted by molar-refractivity contribution is 6.51. The molecule has 0 aliphatic carbocycles. The molecule has 0 unspecified atom stereocenters. The van der Waals surface area contributed by atoms with Crippen LogP contribution in [0, 0.1) is 0 Å². The number of anilines is 2. The van der Waals surface area contributed by atoms with Crippen molar-refractivity contribution in [3.05, 3.63) is 68.6 Å². The second-order valence-corrected chi connectivity index (χ2v) is 6.78. The van der Waals surface area contributed by atoms with Crippen molar-refractivity contribution in [2.45, 2.75) is 0 Å². The van der Waals surface area contributed by atoms with Gasteiger partial charge >= 0.3 is 0 Å². The lowest BCUT2D eigenvalue weighted by molar-refractivity contribution is 0.461. The largest absolute Gasteiger partial charge is 0.454 e. The predicted molar refractivity (Wildman–Crippen MR) is 108 cm³/mol. The molecule has 0 saturated carbocycles. The zero-order chi connectivity index (χ0) is 18.8. The van der Waals surface area contributed by atoms with Gasteiger partial charge in [-0.1, -0.05) is 58.5 Å². The molecule has 0 amide bonds. The van der Waals surface area contributed by atoms with Crippen LogP contribution >= 0.6 is 46.4 Å². The molecule has 0 aliphatic heterocycles. The molecule has 4 N–H and O–H groups in total. The van der Waals surface area contributed by atoms with Crippen LogP contribution < -0.4 is 20.9 Å².